The zero-order valence-corrected chi connectivity index (χ0v) is 22.8. The largest absolute Gasteiger partial charge is 0.508 e. The van der Waals surface area contributed by atoms with Crippen LogP contribution in [0.1, 0.15) is 31.2 Å². The van der Waals surface area contributed by atoms with Gasteiger partial charge in [0.05, 0.1) is 16.5 Å². The number of terminal acetylenes is 1. The molecule has 5 heterocycles. The molecule has 3 aliphatic rings. The lowest BCUT2D eigenvalue weighted by molar-refractivity contribution is 0.107. The minimum atomic E-state index is -0.914. The zero-order valence-electron chi connectivity index (χ0n) is 22.8. The highest BCUT2D eigenvalue weighted by Gasteiger charge is 2.49. The molecule has 2 fully saturated rings. The summed E-state index contributed by atoms with van der Waals surface area (Å²) in [6, 6.07) is 5.42. The first-order valence-corrected chi connectivity index (χ1v) is 14.1. The molecule has 2 saturated heterocycles. The first-order valence-electron chi connectivity index (χ1n) is 14.1. The highest BCUT2D eigenvalue weighted by molar-refractivity contribution is 6.03. The minimum Gasteiger partial charge on any atom is -0.508 e. The second-order valence-corrected chi connectivity index (χ2v) is 11.2. The van der Waals surface area contributed by atoms with Gasteiger partial charge in [0.15, 0.2) is 5.82 Å². The molecule has 0 radical (unpaired) electrons. The molecule has 2 aromatic heterocycles. The van der Waals surface area contributed by atoms with E-state index in [1.807, 2.05) is 11.0 Å². The maximum Gasteiger partial charge on any atom is 0.319 e. The predicted molar refractivity (Wildman–Crippen MR) is 154 cm³/mol. The van der Waals surface area contributed by atoms with Crippen LogP contribution in [-0.2, 0) is 0 Å². The smallest absolute Gasteiger partial charge is 0.319 e. The average molecular weight is 572 g/mol. The second kappa shape index (κ2) is 10.2. The van der Waals surface area contributed by atoms with Gasteiger partial charge in [-0.05, 0) is 49.4 Å². The van der Waals surface area contributed by atoms with Crippen LogP contribution >= 0.6 is 0 Å². The van der Waals surface area contributed by atoms with E-state index < -0.39 is 23.3 Å². The van der Waals surface area contributed by atoms with Crippen LogP contribution < -0.4 is 9.64 Å². The SMILES string of the molecule is C#Cc1c(F)ccc2cc(O)cc(-c3ncc4c(N5CC=CCC5)nc(OCC56CCCN5C[C@H](F)C6)nc4c3F)c12. The van der Waals surface area contributed by atoms with Crippen LogP contribution in [0.2, 0.25) is 0 Å². The van der Waals surface area contributed by atoms with Crippen LogP contribution in [0.5, 0.6) is 11.8 Å². The van der Waals surface area contributed by atoms with Crippen LogP contribution in [0.25, 0.3) is 32.9 Å². The van der Waals surface area contributed by atoms with E-state index in [0.29, 0.717) is 42.6 Å². The molecule has 2 atom stereocenters. The Morgan fingerprint density at radius 1 is 1.17 bits per heavy atom. The van der Waals surface area contributed by atoms with Crippen molar-refractivity contribution in [1.82, 2.24) is 19.9 Å². The van der Waals surface area contributed by atoms with E-state index in [9.17, 15) is 13.9 Å². The van der Waals surface area contributed by atoms with Gasteiger partial charge >= 0.3 is 6.01 Å². The van der Waals surface area contributed by atoms with Gasteiger partial charge in [-0.15, -0.1) is 6.42 Å². The predicted octanol–water partition coefficient (Wildman–Crippen LogP) is 5.53. The Bertz CT molecular complexity index is 1810. The summed E-state index contributed by atoms with van der Waals surface area (Å²) in [6.07, 6.45) is 13.2. The van der Waals surface area contributed by atoms with Crippen molar-refractivity contribution in [3.63, 3.8) is 0 Å². The molecule has 0 bridgehead atoms. The molecular weight excluding hydrogens is 543 g/mol. The third-order valence-electron chi connectivity index (χ3n) is 8.68. The summed E-state index contributed by atoms with van der Waals surface area (Å²) in [7, 11) is 0. The second-order valence-electron chi connectivity index (χ2n) is 11.2. The number of alkyl halides is 1. The Hall–Kier alpha value is -4.36. The highest BCUT2D eigenvalue weighted by Crippen LogP contribution is 2.41. The van der Waals surface area contributed by atoms with E-state index in [1.165, 1.54) is 30.5 Å². The van der Waals surface area contributed by atoms with Gasteiger partial charge in [-0.25, -0.2) is 13.2 Å². The molecule has 0 spiro atoms. The molecule has 3 aliphatic heterocycles. The van der Waals surface area contributed by atoms with Gasteiger partial charge in [-0.3, -0.25) is 9.88 Å². The Morgan fingerprint density at radius 3 is 2.86 bits per heavy atom. The Morgan fingerprint density at radius 2 is 2.05 bits per heavy atom. The zero-order chi connectivity index (χ0) is 29.0. The molecule has 42 heavy (non-hydrogen) atoms. The van der Waals surface area contributed by atoms with Crippen molar-refractivity contribution >= 4 is 27.5 Å². The van der Waals surface area contributed by atoms with Crippen molar-refractivity contribution in [1.29, 1.82) is 0 Å². The number of aromatic nitrogens is 3. The van der Waals surface area contributed by atoms with Crippen LogP contribution in [0.4, 0.5) is 19.0 Å². The number of fused-ring (bicyclic) bond motifs is 3. The van der Waals surface area contributed by atoms with Crippen molar-refractivity contribution in [3.8, 4) is 35.4 Å². The maximum atomic E-state index is 16.6. The summed E-state index contributed by atoms with van der Waals surface area (Å²) in [5.74, 6) is 1.26. The summed E-state index contributed by atoms with van der Waals surface area (Å²) >= 11 is 0. The lowest BCUT2D eigenvalue weighted by atomic mass is 9.95. The minimum absolute atomic E-state index is 0.0113. The van der Waals surface area contributed by atoms with Crippen LogP contribution in [0.3, 0.4) is 0 Å². The fourth-order valence-electron chi connectivity index (χ4n) is 6.75. The number of hydrogen-bond donors (Lipinski definition) is 1. The number of anilines is 1. The van der Waals surface area contributed by atoms with Crippen molar-refractivity contribution in [2.24, 2.45) is 0 Å². The molecule has 1 unspecified atom stereocenters. The van der Waals surface area contributed by atoms with Gasteiger partial charge in [-0.1, -0.05) is 24.1 Å². The number of halogens is 3. The Labute approximate surface area is 240 Å². The van der Waals surface area contributed by atoms with Gasteiger partial charge in [0.2, 0.25) is 0 Å². The van der Waals surface area contributed by atoms with Gasteiger partial charge in [0, 0.05) is 43.2 Å². The topological polar surface area (TPSA) is 74.6 Å². The summed E-state index contributed by atoms with van der Waals surface area (Å²) < 4.78 is 51.8. The summed E-state index contributed by atoms with van der Waals surface area (Å²) in [5, 5.41) is 11.5. The summed E-state index contributed by atoms with van der Waals surface area (Å²) in [4.78, 5) is 17.7. The molecule has 214 valence electrons. The molecule has 1 N–H and O–H groups in total. The van der Waals surface area contributed by atoms with Crippen molar-refractivity contribution in [2.45, 2.75) is 37.4 Å². The van der Waals surface area contributed by atoms with E-state index in [1.54, 1.807) is 0 Å². The van der Waals surface area contributed by atoms with Crippen molar-refractivity contribution in [3.05, 3.63) is 59.8 Å². The number of phenolic OH excluding ortho intramolecular Hbond substituents is 1. The average Bonchev–Trinajstić information content (AvgIpc) is 3.52. The molecule has 7 nitrogen and oxygen atoms in total. The van der Waals surface area contributed by atoms with E-state index in [2.05, 4.69) is 31.8 Å². The Kier molecular flexibility index (Phi) is 6.43. The molecule has 4 aromatic rings. The fraction of sp³-hybridized carbons (Fsp3) is 0.344. The molecule has 7 rings (SSSR count). The fourth-order valence-corrected chi connectivity index (χ4v) is 6.75. The van der Waals surface area contributed by atoms with Crippen molar-refractivity contribution < 1.29 is 23.0 Å². The summed E-state index contributed by atoms with van der Waals surface area (Å²) in [6.45, 7) is 2.62. The van der Waals surface area contributed by atoms with E-state index >= 15 is 4.39 Å². The van der Waals surface area contributed by atoms with Crippen LogP contribution in [0, 0.1) is 24.0 Å². The number of rotatable bonds is 5. The lowest BCUT2D eigenvalue weighted by Crippen LogP contribution is -2.43. The van der Waals surface area contributed by atoms with E-state index in [-0.39, 0.29) is 46.1 Å². The van der Waals surface area contributed by atoms with Gasteiger partial charge < -0.3 is 14.7 Å². The monoisotopic (exact) mass is 571 g/mol. The number of hydrogen-bond acceptors (Lipinski definition) is 7. The van der Waals surface area contributed by atoms with Gasteiger partial charge in [0.25, 0.3) is 0 Å². The lowest BCUT2D eigenvalue weighted by Gasteiger charge is -2.31. The normalized spacial score (nSPS) is 22.1. The third kappa shape index (κ3) is 4.31. The number of ether oxygens (including phenoxy) is 1. The number of phenols is 1. The first-order chi connectivity index (χ1) is 20.4. The number of pyridine rings is 1. The van der Waals surface area contributed by atoms with Crippen LogP contribution in [-0.4, -0.2) is 69.5 Å². The van der Waals surface area contributed by atoms with Crippen LogP contribution in [0.15, 0.2) is 42.6 Å². The molecular formula is C32H28F3N5O2. The maximum absolute atomic E-state index is 16.6. The molecule has 0 saturated carbocycles. The van der Waals surface area contributed by atoms with Gasteiger partial charge in [-0.2, -0.15) is 9.97 Å². The van der Waals surface area contributed by atoms with E-state index in [4.69, 9.17) is 11.2 Å². The Balaban J connectivity index is 1.38. The van der Waals surface area contributed by atoms with E-state index in [0.717, 1.165) is 25.8 Å². The summed E-state index contributed by atoms with van der Waals surface area (Å²) in [5.41, 5.74) is -0.513. The molecule has 0 aliphatic carbocycles. The van der Waals surface area contributed by atoms with Crippen molar-refractivity contribution in [2.75, 3.05) is 37.7 Å². The number of nitrogens with zero attached hydrogens (tertiary/aromatic N) is 5. The molecule has 2 aromatic carbocycles. The highest BCUT2D eigenvalue weighted by atomic mass is 19.1. The standard InChI is InChI=1S/C32H28F3N5O2/c1-2-22-25(34)8-7-19-13-21(41)14-23(26(19)22)28-27(35)29-24(16-36-28)30(39-10-4-3-5-11-39)38-31(37-29)42-18-32-9-6-12-40(32)17-20(33)15-32/h1,3-4,7-8,13-14,16,20,41H,5-6,9-12,15,17-18H2/t20-,32?/m1/s1. The number of aromatic hydroxyl groups is 1. The molecule has 0 amide bonds. The van der Waals surface area contributed by atoms with Gasteiger partial charge in [0.1, 0.15) is 41.4 Å². The number of benzene rings is 2. The molecule has 10 heteroatoms. The third-order valence-corrected chi connectivity index (χ3v) is 8.68. The quantitative estimate of drug-likeness (QED) is 0.249. The first kappa shape index (κ1) is 26.5.